The maximum Gasteiger partial charge on any atom is 0.140 e. The highest BCUT2D eigenvalue weighted by Gasteiger charge is 2.21. The van der Waals surface area contributed by atoms with Crippen molar-refractivity contribution >= 4 is 12.0 Å². The van der Waals surface area contributed by atoms with Gasteiger partial charge in [0.05, 0.1) is 5.92 Å². The second-order valence-corrected chi connectivity index (χ2v) is 3.09. The number of aliphatic hydroxyl groups is 1. The summed E-state index contributed by atoms with van der Waals surface area (Å²) in [4.78, 5) is 11.0. The molecule has 0 fully saturated rings. The van der Waals surface area contributed by atoms with E-state index in [0.29, 0.717) is 0 Å². The number of Topliss-reactive ketones (excluding diaryl/α,β-unsaturated/α-hetero) is 1. The Kier molecular flexibility index (Phi) is 4.26. The molecule has 0 saturated heterocycles. The normalized spacial score (nSPS) is 14.5. The molecule has 0 aliphatic heterocycles. The van der Waals surface area contributed by atoms with Gasteiger partial charge in [0.1, 0.15) is 11.5 Å². The zero-order chi connectivity index (χ0) is 9.72. The number of carbonyl (C=O) groups excluding carboxylic acids is 1. The Morgan fingerprint density at radius 1 is 1.50 bits per heavy atom. The molecule has 0 amide bonds. The van der Waals surface area contributed by atoms with Crippen LogP contribution in [0.15, 0.2) is 11.8 Å². The van der Waals surface area contributed by atoms with Gasteiger partial charge in [0.15, 0.2) is 0 Å². The minimum absolute atomic E-state index is 0.0208. The predicted octanol–water partition coefficient (Wildman–Crippen LogP) is 1.94. The van der Waals surface area contributed by atoms with Gasteiger partial charge in [0, 0.05) is 6.21 Å². The zero-order valence-corrected chi connectivity index (χ0v) is 7.66. The van der Waals surface area contributed by atoms with Crippen LogP contribution in [0.3, 0.4) is 0 Å². The number of carbonyl (C=O) groups is 1. The molecule has 0 aromatic rings. The molecular formula is C9H15NO2. The molecule has 0 aliphatic rings. The molecule has 0 spiro atoms. The van der Waals surface area contributed by atoms with Crippen LogP contribution in [0.1, 0.15) is 20.8 Å². The maximum atomic E-state index is 11.0. The van der Waals surface area contributed by atoms with Gasteiger partial charge in [-0.3, -0.25) is 4.79 Å². The summed E-state index contributed by atoms with van der Waals surface area (Å²) in [6.45, 7) is 5.17. The van der Waals surface area contributed by atoms with E-state index in [1.807, 2.05) is 13.8 Å². The average molecular weight is 169 g/mol. The molecule has 0 heterocycles. The molecular weight excluding hydrogens is 154 g/mol. The van der Waals surface area contributed by atoms with E-state index in [4.69, 9.17) is 5.41 Å². The van der Waals surface area contributed by atoms with Crippen LogP contribution in [0.25, 0.3) is 0 Å². The Labute approximate surface area is 72.6 Å². The molecule has 1 atom stereocenters. The fourth-order valence-electron chi connectivity index (χ4n) is 1.21. The smallest absolute Gasteiger partial charge is 0.140 e. The number of aliphatic hydroxyl groups excluding tert-OH is 1. The van der Waals surface area contributed by atoms with Gasteiger partial charge in [-0.2, -0.15) is 0 Å². The second kappa shape index (κ2) is 4.70. The van der Waals surface area contributed by atoms with Crippen LogP contribution in [0.5, 0.6) is 0 Å². The molecule has 2 N–H and O–H groups in total. The van der Waals surface area contributed by atoms with Gasteiger partial charge in [-0.1, -0.05) is 13.8 Å². The minimum atomic E-state index is -0.466. The summed E-state index contributed by atoms with van der Waals surface area (Å²) < 4.78 is 0. The van der Waals surface area contributed by atoms with Crippen molar-refractivity contribution in [3.8, 4) is 0 Å². The lowest BCUT2D eigenvalue weighted by atomic mass is 9.90. The summed E-state index contributed by atoms with van der Waals surface area (Å²) in [5.74, 6) is -0.488. The lowest BCUT2D eigenvalue weighted by molar-refractivity contribution is -0.121. The third-order valence-corrected chi connectivity index (χ3v) is 1.68. The monoisotopic (exact) mass is 169 g/mol. The highest BCUT2D eigenvalue weighted by molar-refractivity contribution is 5.82. The summed E-state index contributed by atoms with van der Waals surface area (Å²) in [5, 5.41) is 16.1. The van der Waals surface area contributed by atoms with Crippen molar-refractivity contribution < 1.29 is 9.90 Å². The highest BCUT2D eigenvalue weighted by Crippen LogP contribution is 2.18. The highest BCUT2D eigenvalue weighted by atomic mass is 16.3. The Balaban J connectivity index is 4.62. The first-order chi connectivity index (χ1) is 5.50. The van der Waals surface area contributed by atoms with Crippen LogP contribution in [-0.2, 0) is 4.79 Å². The van der Waals surface area contributed by atoms with Crippen molar-refractivity contribution in [2.24, 2.45) is 11.8 Å². The van der Waals surface area contributed by atoms with Crippen molar-refractivity contribution in [1.29, 1.82) is 5.41 Å². The molecule has 0 saturated carbocycles. The Morgan fingerprint density at radius 3 is 2.25 bits per heavy atom. The van der Waals surface area contributed by atoms with E-state index in [0.717, 1.165) is 6.21 Å². The van der Waals surface area contributed by atoms with E-state index < -0.39 is 5.92 Å². The third-order valence-electron chi connectivity index (χ3n) is 1.68. The first-order valence-corrected chi connectivity index (χ1v) is 3.90. The molecule has 0 rings (SSSR count). The van der Waals surface area contributed by atoms with E-state index in [9.17, 15) is 9.90 Å². The molecule has 0 aliphatic carbocycles. The van der Waals surface area contributed by atoms with E-state index in [1.165, 1.54) is 13.0 Å². The molecule has 3 nitrogen and oxygen atoms in total. The second-order valence-electron chi connectivity index (χ2n) is 3.09. The van der Waals surface area contributed by atoms with Gasteiger partial charge in [0.2, 0.25) is 0 Å². The zero-order valence-electron chi connectivity index (χ0n) is 7.66. The van der Waals surface area contributed by atoms with Crippen LogP contribution in [0, 0.1) is 17.2 Å². The van der Waals surface area contributed by atoms with E-state index in [-0.39, 0.29) is 17.5 Å². The van der Waals surface area contributed by atoms with Crippen LogP contribution in [-0.4, -0.2) is 17.1 Å². The molecule has 0 aromatic heterocycles. The van der Waals surface area contributed by atoms with Crippen molar-refractivity contribution in [1.82, 2.24) is 0 Å². The number of ketones is 1. The number of allylic oxidation sites excluding steroid dienone is 2. The number of rotatable bonds is 4. The Morgan fingerprint density at radius 2 is 2.00 bits per heavy atom. The van der Waals surface area contributed by atoms with Crippen LogP contribution in [0.4, 0.5) is 0 Å². The molecule has 3 heteroatoms. The quantitative estimate of drug-likeness (QED) is 0.499. The summed E-state index contributed by atoms with van der Waals surface area (Å²) in [7, 11) is 0. The van der Waals surface area contributed by atoms with Crippen LogP contribution < -0.4 is 0 Å². The van der Waals surface area contributed by atoms with Crippen molar-refractivity contribution in [2.75, 3.05) is 0 Å². The lowest BCUT2D eigenvalue weighted by Crippen LogP contribution is -2.19. The first-order valence-electron chi connectivity index (χ1n) is 3.90. The summed E-state index contributed by atoms with van der Waals surface area (Å²) in [6, 6.07) is 0. The lowest BCUT2D eigenvalue weighted by Gasteiger charge is -2.16. The van der Waals surface area contributed by atoms with Crippen molar-refractivity contribution in [2.45, 2.75) is 20.8 Å². The molecule has 68 valence electrons. The van der Waals surface area contributed by atoms with Gasteiger partial charge >= 0.3 is 0 Å². The Bertz CT molecular complexity index is 207. The van der Waals surface area contributed by atoms with Crippen LogP contribution in [0.2, 0.25) is 0 Å². The van der Waals surface area contributed by atoms with Crippen LogP contribution >= 0.6 is 0 Å². The van der Waals surface area contributed by atoms with Gasteiger partial charge in [-0.15, -0.1) is 0 Å². The fraction of sp³-hybridized carbons (Fsp3) is 0.556. The number of hydrogen-bond donors (Lipinski definition) is 2. The van der Waals surface area contributed by atoms with Gasteiger partial charge in [0.25, 0.3) is 0 Å². The topological polar surface area (TPSA) is 61.1 Å². The third kappa shape index (κ3) is 2.86. The molecule has 1 unspecified atom stereocenters. The average Bonchev–Trinajstić information content (AvgIpc) is 1.85. The molecule has 0 aromatic carbocycles. The molecule has 0 radical (unpaired) electrons. The Hall–Kier alpha value is -1.12. The van der Waals surface area contributed by atoms with Gasteiger partial charge in [-0.05, 0) is 18.9 Å². The van der Waals surface area contributed by atoms with Crippen molar-refractivity contribution in [3.05, 3.63) is 11.8 Å². The van der Waals surface area contributed by atoms with E-state index in [1.54, 1.807) is 0 Å². The van der Waals surface area contributed by atoms with Gasteiger partial charge in [-0.25, -0.2) is 0 Å². The molecule has 0 bridgehead atoms. The van der Waals surface area contributed by atoms with Crippen molar-refractivity contribution in [3.63, 3.8) is 0 Å². The SMILES string of the molecule is CC(=O)C(/C(O)=C/C=N)C(C)C. The number of hydrogen-bond acceptors (Lipinski definition) is 3. The summed E-state index contributed by atoms with van der Waals surface area (Å²) in [5.41, 5.74) is 0. The van der Waals surface area contributed by atoms with Gasteiger partial charge < -0.3 is 10.5 Å². The standard InChI is InChI=1S/C9H15NO2/c1-6(2)9(7(3)11)8(12)4-5-10/h4-6,9-10,12H,1-3H3/b8-4-,10-5?. The summed E-state index contributed by atoms with van der Waals surface area (Å²) >= 11 is 0. The minimum Gasteiger partial charge on any atom is -0.511 e. The predicted molar refractivity (Wildman–Crippen MR) is 48.5 cm³/mol. The fourth-order valence-corrected chi connectivity index (χ4v) is 1.21. The number of nitrogens with one attached hydrogen (secondary N) is 1. The summed E-state index contributed by atoms with van der Waals surface area (Å²) in [6.07, 6.45) is 2.22. The largest absolute Gasteiger partial charge is 0.511 e. The maximum absolute atomic E-state index is 11.0. The van der Waals surface area contributed by atoms with E-state index in [2.05, 4.69) is 0 Å². The first kappa shape index (κ1) is 10.9. The molecule has 12 heavy (non-hydrogen) atoms. The van der Waals surface area contributed by atoms with E-state index >= 15 is 0 Å².